The first-order valence-electron chi connectivity index (χ1n) is 5.18. The van der Waals surface area contributed by atoms with Crippen LogP contribution in [0.3, 0.4) is 0 Å². The van der Waals surface area contributed by atoms with Crippen molar-refractivity contribution >= 4 is 5.91 Å². The molecule has 0 spiro atoms. The second kappa shape index (κ2) is 4.28. The average molecular weight is 200 g/mol. The molecule has 0 aromatic heterocycles. The molecule has 0 bridgehead atoms. The van der Waals surface area contributed by atoms with E-state index in [1.165, 1.54) is 0 Å². The van der Waals surface area contributed by atoms with Crippen molar-refractivity contribution in [3.05, 3.63) is 0 Å². The number of rotatable bonds is 5. The van der Waals surface area contributed by atoms with E-state index in [4.69, 9.17) is 5.73 Å². The van der Waals surface area contributed by atoms with Crippen molar-refractivity contribution in [2.75, 3.05) is 13.1 Å². The highest BCUT2D eigenvalue weighted by Crippen LogP contribution is 2.44. The minimum absolute atomic E-state index is 0.000278. The first-order valence-corrected chi connectivity index (χ1v) is 5.18. The zero-order chi connectivity index (χ0) is 10.8. The van der Waals surface area contributed by atoms with Crippen LogP contribution in [-0.2, 0) is 4.79 Å². The van der Waals surface area contributed by atoms with E-state index in [2.05, 4.69) is 5.32 Å². The molecule has 0 aromatic rings. The molecule has 0 aliphatic heterocycles. The summed E-state index contributed by atoms with van der Waals surface area (Å²) in [6.45, 7) is 4.59. The standard InChI is InChI=1S/C10H20N2O2/c1-7(2)8(13)5-12-9(14)10(6-11)3-4-10/h7-8,13H,3-6,11H2,1-2H3,(H,12,14). The number of hydrogen-bond acceptors (Lipinski definition) is 3. The molecule has 0 heterocycles. The van der Waals surface area contributed by atoms with Crippen LogP contribution in [0.1, 0.15) is 26.7 Å². The predicted molar refractivity (Wildman–Crippen MR) is 54.6 cm³/mol. The van der Waals surface area contributed by atoms with Crippen molar-refractivity contribution < 1.29 is 9.90 Å². The van der Waals surface area contributed by atoms with Gasteiger partial charge in [0.2, 0.25) is 5.91 Å². The Morgan fingerprint density at radius 3 is 2.50 bits per heavy atom. The van der Waals surface area contributed by atoms with Gasteiger partial charge >= 0.3 is 0 Å². The second-order valence-electron chi connectivity index (χ2n) is 4.51. The van der Waals surface area contributed by atoms with E-state index in [0.29, 0.717) is 13.1 Å². The molecular formula is C10H20N2O2. The molecule has 4 N–H and O–H groups in total. The van der Waals surface area contributed by atoms with Crippen molar-refractivity contribution in [3.8, 4) is 0 Å². The summed E-state index contributed by atoms with van der Waals surface area (Å²) >= 11 is 0. The predicted octanol–water partition coefficient (Wildman–Crippen LogP) is -0.142. The zero-order valence-electron chi connectivity index (χ0n) is 8.92. The lowest BCUT2D eigenvalue weighted by Gasteiger charge is -2.18. The molecule has 4 heteroatoms. The van der Waals surface area contributed by atoms with Crippen LogP contribution < -0.4 is 11.1 Å². The third-order valence-electron chi connectivity index (χ3n) is 2.97. The maximum absolute atomic E-state index is 11.6. The van der Waals surface area contributed by atoms with Crippen molar-refractivity contribution in [1.29, 1.82) is 0 Å². The van der Waals surface area contributed by atoms with Gasteiger partial charge in [-0.2, -0.15) is 0 Å². The summed E-state index contributed by atoms with van der Waals surface area (Å²) in [4.78, 5) is 11.6. The lowest BCUT2D eigenvalue weighted by Crippen LogP contribution is -2.41. The third kappa shape index (κ3) is 2.45. The Morgan fingerprint density at radius 1 is 1.57 bits per heavy atom. The molecule has 1 amide bonds. The average Bonchev–Trinajstić information content (AvgIpc) is 2.93. The highest BCUT2D eigenvalue weighted by Gasteiger charge is 2.48. The first kappa shape index (κ1) is 11.5. The molecule has 1 rings (SSSR count). The summed E-state index contributed by atoms with van der Waals surface area (Å²) in [7, 11) is 0. The van der Waals surface area contributed by atoms with Crippen molar-refractivity contribution in [2.24, 2.45) is 17.1 Å². The highest BCUT2D eigenvalue weighted by atomic mass is 16.3. The van der Waals surface area contributed by atoms with Gasteiger partial charge in [0, 0.05) is 13.1 Å². The Labute approximate surface area is 84.9 Å². The molecule has 0 saturated heterocycles. The molecule has 1 aliphatic carbocycles. The van der Waals surface area contributed by atoms with Gasteiger partial charge in [-0.15, -0.1) is 0 Å². The van der Waals surface area contributed by atoms with Crippen molar-refractivity contribution in [3.63, 3.8) is 0 Å². The number of aliphatic hydroxyl groups excluding tert-OH is 1. The van der Waals surface area contributed by atoms with Gasteiger partial charge in [-0.3, -0.25) is 4.79 Å². The van der Waals surface area contributed by atoms with Gasteiger partial charge in [0.15, 0.2) is 0 Å². The lowest BCUT2D eigenvalue weighted by molar-refractivity contribution is -0.126. The molecule has 82 valence electrons. The fourth-order valence-electron chi connectivity index (χ4n) is 1.30. The monoisotopic (exact) mass is 200 g/mol. The Bertz CT molecular complexity index is 212. The van der Waals surface area contributed by atoms with E-state index in [9.17, 15) is 9.90 Å². The Kier molecular flexibility index (Phi) is 3.50. The number of hydrogen-bond donors (Lipinski definition) is 3. The maximum Gasteiger partial charge on any atom is 0.227 e. The molecule has 1 atom stereocenters. The molecule has 1 saturated carbocycles. The quantitative estimate of drug-likeness (QED) is 0.578. The number of aliphatic hydroxyl groups is 1. The van der Waals surface area contributed by atoms with Gasteiger partial charge in [-0.25, -0.2) is 0 Å². The van der Waals surface area contributed by atoms with E-state index in [-0.39, 0.29) is 17.2 Å². The fourth-order valence-corrected chi connectivity index (χ4v) is 1.30. The number of nitrogens with one attached hydrogen (secondary N) is 1. The summed E-state index contributed by atoms with van der Waals surface area (Å²) in [5.74, 6) is 0.169. The normalized spacial score (nSPS) is 20.6. The third-order valence-corrected chi connectivity index (χ3v) is 2.97. The highest BCUT2D eigenvalue weighted by molar-refractivity contribution is 5.85. The minimum atomic E-state index is -0.465. The van der Waals surface area contributed by atoms with Crippen LogP contribution >= 0.6 is 0 Å². The molecule has 1 aliphatic rings. The minimum Gasteiger partial charge on any atom is -0.391 e. The lowest BCUT2D eigenvalue weighted by atomic mass is 10.1. The van der Waals surface area contributed by atoms with E-state index in [0.717, 1.165) is 12.8 Å². The fraction of sp³-hybridized carbons (Fsp3) is 0.900. The largest absolute Gasteiger partial charge is 0.391 e. The summed E-state index contributed by atoms with van der Waals surface area (Å²) in [6, 6.07) is 0. The topological polar surface area (TPSA) is 75.3 Å². The van der Waals surface area contributed by atoms with Gasteiger partial charge in [0.25, 0.3) is 0 Å². The number of carbonyl (C=O) groups is 1. The smallest absolute Gasteiger partial charge is 0.227 e. The molecule has 0 aromatic carbocycles. The van der Waals surface area contributed by atoms with Crippen molar-refractivity contribution in [1.82, 2.24) is 5.32 Å². The Hall–Kier alpha value is -0.610. The molecule has 0 radical (unpaired) electrons. The Morgan fingerprint density at radius 2 is 2.14 bits per heavy atom. The van der Waals surface area contributed by atoms with Gasteiger partial charge in [0.05, 0.1) is 11.5 Å². The van der Waals surface area contributed by atoms with Gasteiger partial charge in [-0.1, -0.05) is 13.8 Å². The van der Waals surface area contributed by atoms with Gasteiger partial charge in [0.1, 0.15) is 0 Å². The van der Waals surface area contributed by atoms with E-state index in [1.807, 2.05) is 13.8 Å². The Balaban J connectivity index is 2.28. The number of amides is 1. The van der Waals surface area contributed by atoms with Crippen LogP contribution in [-0.4, -0.2) is 30.2 Å². The maximum atomic E-state index is 11.6. The van der Waals surface area contributed by atoms with Crippen LogP contribution in [0, 0.1) is 11.3 Å². The number of carbonyl (C=O) groups excluding carboxylic acids is 1. The summed E-state index contributed by atoms with van der Waals surface area (Å²) < 4.78 is 0. The van der Waals surface area contributed by atoms with Crippen LogP contribution in [0.2, 0.25) is 0 Å². The van der Waals surface area contributed by atoms with Gasteiger partial charge in [-0.05, 0) is 18.8 Å². The zero-order valence-corrected chi connectivity index (χ0v) is 8.92. The van der Waals surface area contributed by atoms with Crippen molar-refractivity contribution in [2.45, 2.75) is 32.8 Å². The number of nitrogens with two attached hydrogens (primary N) is 1. The summed E-state index contributed by atoms with van der Waals surface area (Å²) in [5, 5.41) is 12.2. The molecular weight excluding hydrogens is 180 g/mol. The van der Waals surface area contributed by atoms with Crippen LogP contribution in [0.15, 0.2) is 0 Å². The van der Waals surface area contributed by atoms with E-state index >= 15 is 0 Å². The van der Waals surface area contributed by atoms with E-state index in [1.54, 1.807) is 0 Å². The van der Waals surface area contributed by atoms with Crippen LogP contribution in [0.4, 0.5) is 0 Å². The van der Waals surface area contributed by atoms with Gasteiger partial charge < -0.3 is 16.2 Å². The second-order valence-corrected chi connectivity index (χ2v) is 4.51. The first-order chi connectivity index (χ1) is 6.52. The van der Waals surface area contributed by atoms with E-state index < -0.39 is 6.10 Å². The van der Waals surface area contributed by atoms with Crippen LogP contribution in [0.25, 0.3) is 0 Å². The summed E-state index contributed by atoms with van der Waals surface area (Å²) in [6.07, 6.45) is 1.30. The molecule has 1 unspecified atom stereocenters. The van der Waals surface area contributed by atoms with Crippen LogP contribution in [0.5, 0.6) is 0 Å². The SMILES string of the molecule is CC(C)C(O)CNC(=O)C1(CN)CC1. The molecule has 1 fully saturated rings. The molecule has 14 heavy (non-hydrogen) atoms. The summed E-state index contributed by atoms with van der Waals surface area (Å²) in [5.41, 5.74) is 5.20. The molecule has 4 nitrogen and oxygen atoms in total.